The lowest BCUT2D eigenvalue weighted by Crippen LogP contribution is -2.39. The van der Waals surface area contributed by atoms with Crippen LogP contribution in [0.25, 0.3) is 11.0 Å². The number of nitrogens with zero attached hydrogens (tertiary/aromatic N) is 2. The summed E-state index contributed by atoms with van der Waals surface area (Å²) < 4.78 is 10.0. The molecule has 118 valence electrons. The van der Waals surface area contributed by atoms with Crippen molar-refractivity contribution in [3.63, 3.8) is 0 Å². The number of allylic oxidation sites excluding steroid dienone is 1. The topological polar surface area (TPSA) is 44.1 Å². The van der Waals surface area contributed by atoms with E-state index in [9.17, 15) is 0 Å². The summed E-state index contributed by atoms with van der Waals surface area (Å²) in [6.07, 6.45) is 1.86. The zero-order chi connectivity index (χ0) is 16.2. The van der Waals surface area contributed by atoms with E-state index in [4.69, 9.17) is 10.5 Å². The van der Waals surface area contributed by atoms with Gasteiger partial charge in [-0.2, -0.15) is 0 Å². The fraction of sp³-hybridized carbons (Fsp3) is 0.211. The first-order chi connectivity index (χ1) is 11.2. The standard InChI is InChI=1S/C19H21N3O/c1-3-11-21-17-9-4-5-10-18(17)22(19(21)20)12-13-23-16-8-6-7-15(2)14-16/h3-10,14,20H,1,11-13H2,2H3/p+1. The number of aromatic nitrogens is 2. The number of hydrogen-bond acceptors (Lipinski definition) is 2. The van der Waals surface area contributed by atoms with Gasteiger partial charge in [0.2, 0.25) is 0 Å². The monoisotopic (exact) mass is 308 g/mol. The number of hydrogen-bond donors (Lipinski definition) is 1. The quantitative estimate of drug-likeness (QED) is 0.562. The smallest absolute Gasteiger partial charge is 0.356 e. The molecule has 3 aromatic rings. The lowest BCUT2D eigenvalue weighted by Gasteiger charge is -2.06. The molecule has 0 aliphatic heterocycles. The molecule has 0 fully saturated rings. The first-order valence-electron chi connectivity index (χ1n) is 7.77. The van der Waals surface area contributed by atoms with Gasteiger partial charge >= 0.3 is 5.95 Å². The van der Waals surface area contributed by atoms with Crippen LogP contribution >= 0.6 is 0 Å². The van der Waals surface area contributed by atoms with Crippen LogP contribution in [0, 0.1) is 6.92 Å². The lowest BCUT2D eigenvalue weighted by atomic mass is 10.2. The second kappa shape index (κ2) is 6.57. The maximum Gasteiger partial charge on any atom is 0.356 e. The van der Waals surface area contributed by atoms with Crippen molar-refractivity contribution in [1.29, 1.82) is 0 Å². The van der Waals surface area contributed by atoms with Gasteiger partial charge in [0.25, 0.3) is 0 Å². The Morgan fingerprint density at radius 1 is 1.22 bits per heavy atom. The van der Waals surface area contributed by atoms with Gasteiger partial charge in [0.1, 0.15) is 29.9 Å². The highest BCUT2D eigenvalue weighted by Crippen LogP contribution is 2.16. The van der Waals surface area contributed by atoms with Crippen LogP contribution in [0.4, 0.5) is 5.95 Å². The van der Waals surface area contributed by atoms with Crippen molar-refractivity contribution in [3.8, 4) is 5.75 Å². The molecule has 0 amide bonds. The molecule has 0 atom stereocenters. The Balaban J connectivity index is 1.82. The number of nitrogens with two attached hydrogens (primary N) is 1. The van der Waals surface area contributed by atoms with Gasteiger partial charge in [-0.05, 0) is 36.8 Å². The first-order valence-corrected chi connectivity index (χ1v) is 7.77. The van der Waals surface area contributed by atoms with Crippen molar-refractivity contribution < 1.29 is 9.30 Å². The molecule has 1 aromatic heterocycles. The summed E-state index contributed by atoms with van der Waals surface area (Å²) in [5.74, 6) is 1.61. The normalized spacial score (nSPS) is 10.8. The Labute approximate surface area is 136 Å². The Bertz CT molecular complexity index is 836. The van der Waals surface area contributed by atoms with Crippen LogP contribution in [0.1, 0.15) is 5.56 Å². The summed E-state index contributed by atoms with van der Waals surface area (Å²) in [5.41, 5.74) is 9.74. The largest absolute Gasteiger partial charge is 0.490 e. The zero-order valence-corrected chi connectivity index (χ0v) is 13.4. The predicted octanol–water partition coefficient (Wildman–Crippen LogP) is 3.08. The molecule has 0 radical (unpaired) electrons. The van der Waals surface area contributed by atoms with Gasteiger partial charge in [0.05, 0.1) is 6.54 Å². The Kier molecular flexibility index (Phi) is 4.33. The van der Waals surface area contributed by atoms with E-state index in [2.05, 4.69) is 40.8 Å². The Morgan fingerprint density at radius 3 is 2.83 bits per heavy atom. The van der Waals surface area contributed by atoms with Crippen LogP contribution in [-0.2, 0) is 13.1 Å². The molecule has 3 rings (SSSR count). The summed E-state index contributed by atoms with van der Waals surface area (Å²) in [5, 5.41) is 0. The highest BCUT2D eigenvalue weighted by atomic mass is 16.5. The third-order valence-electron chi connectivity index (χ3n) is 3.90. The van der Waals surface area contributed by atoms with Gasteiger partial charge in [0.15, 0.2) is 0 Å². The molecule has 0 bridgehead atoms. The second-order valence-electron chi connectivity index (χ2n) is 5.56. The number of benzene rings is 2. The molecule has 2 aromatic carbocycles. The van der Waals surface area contributed by atoms with Crippen LogP contribution in [0.2, 0.25) is 0 Å². The molecule has 4 heteroatoms. The van der Waals surface area contributed by atoms with E-state index < -0.39 is 0 Å². The van der Waals surface area contributed by atoms with Crippen molar-refractivity contribution in [3.05, 3.63) is 66.7 Å². The van der Waals surface area contributed by atoms with Gasteiger partial charge < -0.3 is 4.74 Å². The van der Waals surface area contributed by atoms with Crippen molar-refractivity contribution in [2.24, 2.45) is 0 Å². The van der Waals surface area contributed by atoms with E-state index in [-0.39, 0.29) is 0 Å². The molecule has 0 unspecified atom stereocenters. The van der Waals surface area contributed by atoms with Gasteiger partial charge in [-0.1, -0.05) is 36.9 Å². The summed E-state index contributed by atoms with van der Waals surface area (Å²) in [6, 6.07) is 16.3. The van der Waals surface area contributed by atoms with Gasteiger partial charge in [-0.3, -0.25) is 5.73 Å². The molecular formula is C19H22N3O+. The second-order valence-corrected chi connectivity index (χ2v) is 5.56. The van der Waals surface area contributed by atoms with Gasteiger partial charge in [-0.15, -0.1) is 0 Å². The molecule has 4 nitrogen and oxygen atoms in total. The Hall–Kier alpha value is -2.75. The molecule has 0 saturated carbocycles. The number of fused-ring (bicyclic) bond motifs is 1. The molecule has 23 heavy (non-hydrogen) atoms. The van der Waals surface area contributed by atoms with E-state index in [1.807, 2.05) is 36.4 Å². The van der Waals surface area contributed by atoms with Crippen molar-refractivity contribution in [2.45, 2.75) is 20.0 Å². The van der Waals surface area contributed by atoms with Crippen LogP contribution < -0.4 is 15.0 Å². The first kappa shape index (κ1) is 15.2. The van der Waals surface area contributed by atoms with E-state index in [0.717, 1.165) is 22.7 Å². The maximum absolute atomic E-state index is 6.33. The SMILES string of the molecule is C=CCn1c(N)[n+](CCOc2cccc(C)c2)c2ccccc21. The van der Waals surface area contributed by atoms with E-state index in [1.54, 1.807) is 0 Å². The minimum atomic E-state index is 0.570. The van der Waals surface area contributed by atoms with Crippen LogP contribution in [0.5, 0.6) is 5.75 Å². The summed E-state index contributed by atoms with van der Waals surface area (Å²) in [4.78, 5) is 0. The van der Waals surface area contributed by atoms with Crippen molar-refractivity contribution in [1.82, 2.24) is 4.57 Å². The zero-order valence-electron chi connectivity index (χ0n) is 13.4. The third kappa shape index (κ3) is 3.06. The number of imidazole rings is 1. The highest BCUT2D eigenvalue weighted by Gasteiger charge is 2.19. The molecule has 0 aliphatic rings. The van der Waals surface area contributed by atoms with E-state index in [0.29, 0.717) is 19.7 Å². The highest BCUT2D eigenvalue weighted by molar-refractivity contribution is 5.73. The van der Waals surface area contributed by atoms with Gasteiger partial charge in [0, 0.05) is 0 Å². The summed E-state index contributed by atoms with van der Waals surface area (Å²) in [6.45, 7) is 7.83. The predicted molar refractivity (Wildman–Crippen MR) is 93.4 cm³/mol. The van der Waals surface area contributed by atoms with E-state index >= 15 is 0 Å². The van der Waals surface area contributed by atoms with Crippen molar-refractivity contribution in [2.75, 3.05) is 12.3 Å². The van der Waals surface area contributed by atoms with E-state index in [1.165, 1.54) is 5.56 Å². The average molecular weight is 308 g/mol. The summed E-state index contributed by atoms with van der Waals surface area (Å²) in [7, 11) is 0. The minimum Gasteiger partial charge on any atom is -0.490 e. The molecule has 0 saturated heterocycles. The fourth-order valence-electron chi connectivity index (χ4n) is 2.83. The lowest BCUT2D eigenvalue weighted by molar-refractivity contribution is -0.658. The molecule has 1 heterocycles. The van der Waals surface area contributed by atoms with Crippen molar-refractivity contribution >= 4 is 17.0 Å². The number of anilines is 1. The van der Waals surface area contributed by atoms with Crippen LogP contribution in [0.3, 0.4) is 0 Å². The molecular weight excluding hydrogens is 286 g/mol. The summed E-state index contributed by atoms with van der Waals surface area (Å²) >= 11 is 0. The molecule has 0 aliphatic carbocycles. The number of para-hydroxylation sites is 2. The van der Waals surface area contributed by atoms with Crippen LogP contribution in [0.15, 0.2) is 61.2 Å². The number of nitrogen functional groups attached to an aromatic ring is 1. The third-order valence-corrected chi connectivity index (χ3v) is 3.90. The fourth-order valence-corrected chi connectivity index (χ4v) is 2.83. The number of rotatable bonds is 6. The number of ether oxygens (including phenoxy) is 1. The minimum absolute atomic E-state index is 0.570. The Morgan fingerprint density at radius 2 is 2.04 bits per heavy atom. The average Bonchev–Trinajstić information content (AvgIpc) is 2.81. The van der Waals surface area contributed by atoms with Crippen LogP contribution in [-0.4, -0.2) is 11.2 Å². The molecule has 0 spiro atoms. The number of aryl methyl sites for hydroxylation is 1. The van der Waals surface area contributed by atoms with Gasteiger partial charge in [-0.25, -0.2) is 9.13 Å². The maximum atomic E-state index is 6.33. The molecule has 2 N–H and O–H groups in total.